The van der Waals surface area contributed by atoms with Gasteiger partial charge in [0.2, 0.25) is 5.96 Å². The number of guanidine groups is 1. The molecular weight excluding hydrogens is 491 g/mol. The molecule has 2 saturated heterocycles. The predicted octanol–water partition coefficient (Wildman–Crippen LogP) is 5.24. The number of amidine groups is 1. The molecule has 0 aliphatic carbocycles. The molecule has 0 radical (unpaired) electrons. The number of nitrogens with one attached hydrogen (secondary N) is 1. The van der Waals surface area contributed by atoms with E-state index in [1.165, 1.54) is 24.8 Å². The molecule has 4 rings (SSSR count). The van der Waals surface area contributed by atoms with E-state index in [2.05, 4.69) is 37.7 Å². The van der Waals surface area contributed by atoms with Crippen LogP contribution in [0.1, 0.15) is 30.4 Å². The number of aliphatic imine (C=N–C) groups is 2. The summed E-state index contributed by atoms with van der Waals surface area (Å²) in [7, 11) is 0. The van der Waals surface area contributed by atoms with Gasteiger partial charge < -0.3 is 14.7 Å². The summed E-state index contributed by atoms with van der Waals surface area (Å²) in [5.74, 6) is 1.79. The van der Waals surface area contributed by atoms with Crippen LogP contribution < -0.4 is 4.90 Å². The maximum absolute atomic E-state index is 9.67. The molecule has 0 bridgehead atoms. The van der Waals surface area contributed by atoms with Crippen molar-refractivity contribution in [3.63, 3.8) is 0 Å². The van der Waals surface area contributed by atoms with Crippen LogP contribution in [0.5, 0.6) is 0 Å². The normalized spacial score (nSPS) is 16.8. The molecule has 0 spiro atoms. The van der Waals surface area contributed by atoms with Gasteiger partial charge in [0.15, 0.2) is 5.84 Å². The van der Waals surface area contributed by atoms with E-state index in [1.807, 2.05) is 30.7 Å². The lowest BCUT2D eigenvalue weighted by molar-refractivity contribution is 0.00819. The largest absolute Gasteiger partial charge is 0.379 e. The number of piperidine rings is 1. The number of halogens is 4. The van der Waals surface area contributed by atoms with E-state index >= 15 is 0 Å². The Balaban J connectivity index is 0.000000840. The van der Waals surface area contributed by atoms with Gasteiger partial charge in [-0.05, 0) is 49.9 Å². The summed E-state index contributed by atoms with van der Waals surface area (Å²) >= 11 is 6.12. The van der Waals surface area contributed by atoms with Gasteiger partial charge in [0.25, 0.3) is 0 Å². The molecule has 0 saturated carbocycles. The van der Waals surface area contributed by atoms with Crippen molar-refractivity contribution >= 4 is 35.6 Å². The Kier molecular flexibility index (Phi) is 10.5. The Labute approximate surface area is 214 Å². The van der Waals surface area contributed by atoms with Crippen LogP contribution in [-0.4, -0.2) is 78.9 Å². The highest BCUT2D eigenvalue weighted by atomic mass is 35.5. The number of hydrogen-bond donors (Lipinski definition) is 1. The minimum Gasteiger partial charge on any atom is -0.362 e. The van der Waals surface area contributed by atoms with Gasteiger partial charge in [0, 0.05) is 56.1 Å². The van der Waals surface area contributed by atoms with Crippen LogP contribution in [0.2, 0.25) is 5.02 Å². The molecule has 2 aliphatic rings. The molecule has 194 valence electrons. The van der Waals surface area contributed by atoms with Crippen LogP contribution in [-0.2, 0) is 0 Å². The molecule has 2 aromatic rings. The Morgan fingerprint density at radius 1 is 1.03 bits per heavy atom. The second-order valence-corrected chi connectivity index (χ2v) is 8.91. The highest BCUT2D eigenvalue weighted by Gasteiger charge is 2.22. The highest BCUT2D eigenvalue weighted by Crippen LogP contribution is 2.19. The number of pyridine rings is 1. The van der Waals surface area contributed by atoms with E-state index < -0.39 is 6.68 Å². The van der Waals surface area contributed by atoms with Crippen molar-refractivity contribution in [1.29, 1.82) is 5.41 Å². The zero-order valence-electron chi connectivity index (χ0n) is 20.3. The Hall–Kier alpha value is -3.14. The summed E-state index contributed by atoms with van der Waals surface area (Å²) in [4.78, 5) is 20.6. The van der Waals surface area contributed by atoms with E-state index in [0.717, 1.165) is 45.1 Å². The van der Waals surface area contributed by atoms with Gasteiger partial charge in [-0.25, -0.2) is 9.98 Å². The number of benzene rings is 1. The first-order valence-electron chi connectivity index (χ1n) is 11.9. The monoisotopic (exact) mass is 521 g/mol. The van der Waals surface area contributed by atoms with Gasteiger partial charge in [0.05, 0.1) is 6.34 Å². The lowest BCUT2D eigenvalue weighted by atomic mass is 10.1. The highest BCUT2D eigenvalue weighted by molar-refractivity contribution is 6.31. The van der Waals surface area contributed by atoms with E-state index in [1.54, 1.807) is 12.1 Å². The molecule has 36 heavy (non-hydrogen) atoms. The minimum atomic E-state index is -3.67. The summed E-state index contributed by atoms with van der Waals surface area (Å²) in [6.45, 7) is 3.69. The van der Waals surface area contributed by atoms with Gasteiger partial charge in [-0.3, -0.25) is 5.41 Å². The first-order valence-corrected chi connectivity index (χ1v) is 12.3. The average molecular weight is 522 g/mol. The number of hydrogen-bond acceptors (Lipinski definition) is 3. The maximum Gasteiger partial charge on any atom is 0.379 e. The van der Waals surface area contributed by atoms with Crippen LogP contribution in [0.3, 0.4) is 0 Å². The van der Waals surface area contributed by atoms with Crippen molar-refractivity contribution in [3.8, 4) is 0 Å². The predicted molar refractivity (Wildman–Crippen MR) is 140 cm³/mol. The Morgan fingerprint density at radius 3 is 2.36 bits per heavy atom. The lowest BCUT2D eigenvalue weighted by Gasteiger charge is -2.36. The van der Waals surface area contributed by atoms with Crippen LogP contribution in [0.4, 0.5) is 19.0 Å². The van der Waals surface area contributed by atoms with Crippen molar-refractivity contribution in [3.05, 3.63) is 58.7 Å². The van der Waals surface area contributed by atoms with Crippen molar-refractivity contribution in [2.75, 3.05) is 44.2 Å². The SMILES string of the molecule is Cc1cccnc1N1CCN(C(=NC(=N)c2cccc(Cl)c2)/N=C/N2CCCCC2)CC1.FC(F)F. The van der Waals surface area contributed by atoms with Crippen molar-refractivity contribution in [2.45, 2.75) is 32.9 Å². The second kappa shape index (κ2) is 13.8. The second-order valence-electron chi connectivity index (χ2n) is 8.48. The quantitative estimate of drug-likeness (QED) is 0.443. The van der Waals surface area contributed by atoms with Gasteiger partial charge >= 0.3 is 6.68 Å². The third-order valence-corrected chi connectivity index (χ3v) is 6.12. The first kappa shape index (κ1) is 27.4. The van der Waals surface area contributed by atoms with Gasteiger partial charge in [-0.1, -0.05) is 29.8 Å². The van der Waals surface area contributed by atoms with E-state index in [0.29, 0.717) is 16.5 Å². The number of piperazine rings is 1. The van der Waals surface area contributed by atoms with E-state index in [-0.39, 0.29) is 5.84 Å². The first-order chi connectivity index (χ1) is 17.3. The summed E-state index contributed by atoms with van der Waals surface area (Å²) in [5.41, 5.74) is 1.87. The Bertz CT molecular complexity index is 1050. The van der Waals surface area contributed by atoms with Crippen LogP contribution in [0.15, 0.2) is 52.6 Å². The van der Waals surface area contributed by atoms with Crippen molar-refractivity contribution in [1.82, 2.24) is 14.8 Å². The fraction of sp³-hybridized carbons (Fsp3) is 0.440. The molecule has 2 aliphatic heterocycles. The summed E-state index contributed by atoms with van der Waals surface area (Å²) < 4.78 is 29.0. The molecule has 3 heterocycles. The molecule has 7 nitrogen and oxygen atoms in total. The number of alkyl halides is 3. The number of rotatable bonds is 3. The lowest BCUT2D eigenvalue weighted by Crippen LogP contribution is -2.49. The minimum absolute atomic E-state index is 0.168. The van der Waals surface area contributed by atoms with Crippen LogP contribution >= 0.6 is 11.6 Å². The van der Waals surface area contributed by atoms with Gasteiger partial charge in [-0.15, -0.1) is 0 Å². The molecule has 11 heteroatoms. The summed E-state index contributed by atoms with van der Waals surface area (Å²) in [6, 6.07) is 11.3. The molecule has 1 N–H and O–H groups in total. The van der Waals surface area contributed by atoms with Crippen molar-refractivity contribution in [2.24, 2.45) is 9.98 Å². The number of likely N-dealkylation sites (tertiary alicyclic amines) is 1. The topological polar surface area (TPSA) is 71.2 Å². The molecule has 1 aromatic carbocycles. The molecule has 0 amide bonds. The summed E-state index contributed by atoms with van der Waals surface area (Å²) in [5, 5.41) is 9.12. The molecule has 0 unspecified atom stereocenters. The zero-order valence-corrected chi connectivity index (χ0v) is 21.0. The van der Waals surface area contributed by atoms with E-state index in [9.17, 15) is 13.2 Å². The molecule has 0 atom stereocenters. The molecule has 1 aromatic heterocycles. The molecule has 2 fully saturated rings. The Morgan fingerprint density at radius 2 is 1.72 bits per heavy atom. The third kappa shape index (κ3) is 8.51. The van der Waals surface area contributed by atoms with Crippen LogP contribution in [0, 0.1) is 12.3 Å². The summed E-state index contributed by atoms with van der Waals surface area (Å²) in [6.07, 6.45) is 7.41. The fourth-order valence-electron chi connectivity index (χ4n) is 4.08. The van der Waals surface area contributed by atoms with Crippen LogP contribution in [0.25, 0.3) is 0 Å². The van der Waals surface area contributed by atoms with E-state index in [4.69, 9.17) is 22.0 Å². The fourth-order valence-corrected chi connectivity index (χ4v) is 4.27. The van der Waals surface area contributed by atoms with Gasteiger partial charge in [0.1, 0.15) is 5.82 Å². The van der Waals surface area contributed by atoms with Crippen molar-refractivity contribution < 1.29 is 13.2 Å². The number of nitrogens with zero attached hydrogens (tertiary/aromatic N) is 6. The number of aromatic nitrogens is 1. The third-order valence-electron chi connectivity index (χ3n) is 5.88. The number of anilines is 1. The van der Waals surface area contributed by atoms with Gasteiger partial charge in [-0.2, -0.15) is 18.2 Å². The zero-order chi connectivity index (χ0) is 25.9. The molecular formula is C25H31ClF3N7. The smallest absolute Gasteiger partial charge is 0.362 e. The standard InChI is InChI=1S/C24H30ClN7.CHF3/c1-19-7-6-10-27-23(19)31-13-15-32(16-14-31)24(28-18-30-11-3-2-4-12-30)29-22(26)20-8-5-9-21(25)17-20;2-1(3)4/h5-10,17-18,26H,2-4,11-16H2,1H3;1H/b26-22?,28-18+,29-24?;. The average Bonchev–Trinajstić information content (AvgIpc) is 2.87. The maximum atomic E-state index is 9.67. The number of aryl methyl sites for hydroxylation is 1.